The molecule has 0 aromatic carbocycles. The molecule has 1 aliphatic carbocycles. The molecule has 84 valence electrons. The highest BCUT2D eigenvalue weighted by molar-refractivity contribution is 6.29. The molecule has 6 heteroatoms. The summed E-state index contributed by atoms with van der Waals surface area (Å²) < 4.78 is 0. The van der Waals surface area contributed by atoms with Gasteiger partial charge in [0.2, 0.25) is 0 Å². The maximum atomic E-state index is 11.5. The summed E-state index contributed by atoms with van der Waals surface area (Å²) in [5, 5.41) is 17.5. The maximum Gasteiger partial charge on any atom is 0.340 e. The summed E-state index contributed by atoms with van der Waals surface area (Å²) in [5.74, 6) is -4.73. The number of carbonyl (C=O) groups is 4. The highest BCUT2D eigenvalue weighted by Gasteiger charge is 2.31. The first kappa shape index (κ1) is 11.8. The highest BCUT2D eigenvalue weighted by atomic mass is 16.4. The zero-order chi connectivity index (χ0) is 12.5. The lowest BCUT2D eigenvalue weighted by molar-refractivity contribution is -0.137. The van der Waals surface area contributed by atoms with Crippen LogP contribution < -0.4 is 0 Å². The second-order valence-corrected chi connectivity index (χ2v) is 3.26. The largest absolute Gasteiger partial charge is 0.478 e. The fourth-order valence-electron chi connectivity index (χ4n) is 1.36. The van der Waals surface area contributed by atoms with Gasteiger partial charge >= 0.3 is 11.9 Å². The van der Waals surface area contributed by atoms with E-state index in [0.29, 0.717) is 0 Å². The van der Waals surface area contributed by atoms with Gasteiger partial charge in [-0.25, -0.2) is 9.59 Å². The Bertz CT molecular complexity index is 466. The van der Waals surface area contributed by atoms with E-state index in [1.807, 2.05) is 0 Å². The van der Waals surface area contributed by atoms with Crippen molar-refractivity contribution in [1.82, 2.24) is 0 Å². The molecule has 0 unspecified atom stereocenters. The molecular formula is C10H8O6. The van der Waals surface area contributed by atoms with Crippen LogP contribution in [0.5, 0.6) is 0 Å². The van der Waals surface area contributed by atoms with E-state index >= 15 is 0 Å². The Labute approximate surface area is 89.9 Å². The number of carboxylic acids is 2. The van der Waals surface area contributed by atoms with Gasteiger partial charge in [0.15, 0.2) is 11.6 Å². The lowest BCUT2D eigenvalue weighted by Gasteiger charge is -2.03. The molecule has 6 nitrogen and oxygen atoms in total. The number of carbonyl (C=O) groups excluding carboxylic acids is 2. The minimum atomic E-state index is -1.63. The molecule has 1 aliphatic rings. The SMILES string of the molecule is CC1=CC(=O)CC(C(=O)O)=C(C(=O)O)C1=O. The van der Waals surface area contributed by atoms with Crippen LogP contribution in [0, 0.1) is 0 Å². The summed E-state index contributed by atoms with van der Waals surface area (Å²) in [6.07, 6.45) is 0.376. The van der Waals surface area contributed by atoms with E-state index in [4.69, 9.17) is 10.2 Å². The quantitative estimate of drug-likeness (QED) is 0.636. The molecule has 1 rings (SSSR count). The molecule has 0 spiro atoms. The highest BCUT2D eigenvalue weighted by Crippen LogP contribution is 2.20. The molecule has 16 heavy (non-hydrogen) atoms. The normalized spacial score (nSPS) is 16.9. The third-order valence-corrected chi connectivity index (χ3v) is 2.09. The molecule has 0 atom stereocenters. The van der Waals surface area contributed by atoms with Gasteiger partial charge in [-0.15, -0.1) is 0 Å². The van der Waals surface area contributed by atoms with Crippen LogP contribution in [-0.2, 0) is 19.2 Å². The Kier molecular flexibility index (Phi) is 3.03. The van der Waals surface area contributed by atoms with Crippen molar-refractivity contribution in [3.05, 3.63) is 22.8 Å². The van der Waals surface area contributed by atoms with E-state index in [1.54, 1.807) is 0 Å². The summed E-state index contributed by atoms with van der Waals surface area (Å²) in [7, 11) is 0. The molecule has 0 fully saturated rings. The number of hydrogen-bond donors (Lipinski definition) is 2. The van der Waals surface area contributed by atoms with Crippen LogP contribution in [0.1, 0.15) is 13.3 Å². The van der Waals surface area contributed by atoms with Gasteiger partial charge in [0.05, 0.1) is 5.57 Å². The standard InChI is InChI=1S/C10H8O6/c1-4-2-5(11)3-6(9(13)14)7(8(4)12)10(15)16/h2H,3H2,1H3,(H,13,14)(H,15,16). The number of allylic oxidation sites excluding steroid dienone is 2. The summed E-state index contributed by atoms with van der Waals surface area (Å²) in [6, 6.07) is 0. The van der Waals surface area contributed by atoms with E-state index in [2.05, 4.69) is 0 Å². The van der Waals surface area contributed by atoms with Gasteiger partial charge in [-0.2, -0.15) is 0 Å². The van der Waals surface area contributed by atoms with Crippen LogP contribution in [-0.4, -0.2) is 33.7 Å². The molecule has 2 N–H and O–H groups in total. The van der Waals surface area contributed by atoms with E-state index in [0.717, 1.165) is 6.08 Å². The van der Waals surface area contributed by atoms with Gasteiger partial charge in [0, 0.05) is 12.0 Å². The predicted octanol–water partition coefficient (Wildman–Crippen LogP) is -0.0596. The molecule has 0 bridgehead atoms. The second kappa shape index (κ2) is 4.09. The maximum absolute atomic E-state index is 11.5. The average Bonchev–Trinajstić information content (AvgIpc) is 2.24. The number of ketones is 2. The van der Waals surface area contributed by atoms with Crippen LogP contribution in [0.3, 0.4) is 0 Å². The monoisotopic (exact) mass is 224 g/mol. The van der Waals surface area contributed by atoms with Crippen molar-refractivity contribution in [3.8, 4) is 0 Å². The van der Waals surface area contributed by atoms with E-state index < -0.39 is 41.1 Å². The fourth-order valence-corrected chi connectivity index (χ4v) is 1.36. The van der Waals surface area contributed by atoms with Gasteiger partial charge in [0.25, 0.3) is 0 Å². The number of aliphatic carboxylic acids is 2. The number of rotatable bonds is 2. The Morgan fingerprint density at radius 1 is 1.19 bits per heavy atom. The lowest BCUT2D eigenvalue weighted by Crippen LogP contribution is -2.18. The number of carboxylic acid groups (broad SMARTS) is 2. The van der Waals surface area contributed by atoms with Crippen LogP contribution in [0.15, 0.2) is 22.8 Å². The second-order valence-electron chi connectivity index (χ2n) is 3.26. The topological polar surface area (TPSA) is 109 Å². The summed E-state index contributed by atoms with van der Waals surface area (Å²) in [5.41, 5.74) is -1.58. The van der Waals surface area contributed by atoms with Gasteiger partial charge in [-0.3, -0.25) is 9.59 Å². The van der Waals surface area contributed by atoms with Gasteiger partial charge in [0.1, 0.15) is 5.57 Å². The molecule has 0 aliphatic heterocycles. The number of hydrogen-bond acceptors (Lipinski definition) is 4. The Hall–Kier alpha value is -2.24. The van der Waals surface area contributed by atoms with Crippen molar-refractivity contribution in [1.29, 1.82) is 0 Å². The van der Waals surface area contributed by atoms with Crippen LogP contribution in [0.25, 0.3) is 0 Å². The van der Waals surface area contributed by atoms with Crippen molar-refractivity contribution in [2.45, 2.75) is 13.3 Å². The average molecular weight is 224 g/mol. The third-order valence-electron chi connectivity index (χ3n) is 2.09. The zero-order valence-corrected chi connectivity index (χ0v) is 8.31. The van der Waals surface area contributed by atoms with Gasteiger partial charge < -0.3 is 10.2 Å². The van der Waals surface area contributed by atoms with Crippen molar-refractivity contribution in [3.63, 3.8) is 0 Å². The number of Topliss-reactive ketones (excluding diaryl/α,β-unsaturated/α-hetero) is 1. The zero-order valence-electron chi connectivity index (χ0n) is 8.31. The van der Waals surface area contributed by atoms with E-state index in [1.165, 1.54) is 6.92 Å². The smallest absolute Gasteiger partial charge is 0.340 e. The first-order valence-corrected chi connectivity index (χ1v) is 4.30. The van der Waals surface area contributed by atoms with Crippen molar-refractivity contribution in [2.24, 2.45) is 0 Å². The Morgan fingerprint density at radius 3 is 2.19 bits per heavy atom. The summed E-state index contributed by atoms with van der Waals surface area (Å²) in [6.45, 7) is 1.27. The fraction of sp³-hybridized carbons (Fsp3) is 0.200. The summed E-state index contributed by atoms with van der Waals surface area (Å²) >= 11 is 0. The molecule has 0 saturated carbocycles. The summed E-state index contributed by atoms with van der Waals surface area (Å²) in [4.78, 5) is 44.3. The van der Waals surface area contributed by atoms with Gasteiger partial charge in [-0.1, -0.05) is 0 Å². The van der Waals surface area contributed by atoms with Crippen molar-refractivity contribution in [2.75, 3.05) is 0 Å². The van der Waals surface area contributed by atoms with E-state index in [9.17, 15) is 19.2 Å². The van der Waals surface area contributed by atoms with Gasteiger partial charge in [-0.05, 0) is 13.0 Å². The molecule has 0 radical (unpaired) electrons. The molecule has 0 aromatic rings. The molecule has 0 heterocycles. The predicted molar refractivity (Wildman–Crippen MR) is 50.7 cm³/mol. The van der Waals surface area contributed by atoms with Crippen molar-refractivity contribution >= 4 is 23.5 Å². The molecular weight excluding hydrogens is 216 g/mol. The first-order chi connectivity index (χ1) is 7.34. The van der Waals surface area contributed by atoms with Crippen LogP contribution in [0.4, 0.5) is 0 Å². The van der Waals surface area contributed by atoms with Crippen molar-refractivity contribution < 1.29 is 29.4 Å². The minimum absolute atomic E-state index is 0.0707. The Balaban J connectivity index is 3.47. The Morgan fingerprint density at radius 2 is 1.75 bits per heavy atom. The third kappa shape index (κ3) is 2.05. The minimum Gasteiger partial charge on any atom is -0.478 e. The van der Waals surface area contributed by atoms with Crippen LogP contribution >= 0.6 is 0 Å². The first-order valence-electron chi connectivity index (χ1n) is 4.30. The molecule has 0 aromatic heterocycles. The molecule has 0 amide bonds. The molecule has 0 saturated heterocycles. The lowest BCUT2D eigenvalue weighted by atomic mass is 10.0. The van der Waals surface area contributed by atoms with E-state index in [-0.39, 0.29) is 5.57 Å². The van der Waals surface area contributed by atoms with Crippen LogP contribution in [0.2, 0.25) is 0 Å².